The van der Waals surface area contributed by atoms with Crippen molar-refractivity contribution in [1.82, 2.24) is 34.6 Å². The lowest BCUT2D eigenvalue weighted by Crippen LogP contribution is -2.13. The lowest BCUT2D eigenvalue weighted by Gasteiger charge is -2.15. The molecular weight excluding hydrogens is 366 g/mol. The van der Waals surface area contributed by atoms with E-state index in [4.69, 9.17) is 5.26 Å². The van der Waals surface area contributed by atoms with Crippen LogP contribution >= 0.6 is 0 Å². The maximum absolute atomic E-state index is 9.05. The van der Waals surface area contributed by atoms with Gasteiger partial charge in [0.25, 0.3) is 0 Å². The summed E-state index contributed by atoms with van der Waals surface area (Å²) in [5.74, 6) is 0. The van der Waals surface area contributed by atoms with E-state index in [9.17, 15) is 0 Å². The number of aromatic nitrogens is 7. The predicted octanol–water partition coefficient (Wildman–Crippen LogP) is 3.02. The molecule has 0 fully saturated rings. The van der Waals surface area contributed by atoms with Gasteiger partial charge in [0, 0.05) is 12.2 Å². The molecule has 146 valence electrons. The Hall–Kier alpha value is -3.80. The Morgan fingerprint density at radius 2 is 2.03 bits per heavy atom. The molecule has 0 bridgehead atoms. The average Bonchev–Trinajstić information content (AvgIpc) is 3.34. The van der Waals surface area contributed by atoms with Crippen LogP contribution in [-0.2, 0) is 6.42 Å². The van der Waals surface area contributed by atoms with Gasteiger partial charge in [-0.2, -0.15) is 10.4 Å². The number of nitrogens with one attached hydrogen (secondary N) is 1. The Bertz CT molecular complexity index is 1200. The summed E-state index contributed by atoms with van der Waals surface area (Å²) in [6.07, 6.45) is 10.5. The summed E-state index contributed by atoms with van der Waals surface area (Å²) < 4.78 is 3.34. The average molecular weight is 387 g/mol. The molecule has 0 aliphatic rings. The fourth-order valence-corrected chi connectivity index (χ4v) is 3.10. The number of nitriles is 1. The molecular formula is C20H21N9. The largest absolute Gasteiger partial charge is 0.381 e. The quantitative estimate of drug-likeness (QED) is 0.541. The molecule has 4 heterocycles. The maximum atomic E-state index is 9.05. The SMILES string of the molecule is CCCc1cn(-c2cnc(-c3cnn4cc(C#N)cnc34)cc2NC(C)C)nn1. The second-order valence-electron chi connectivity index (χ2n) is 7.07. The molecule has 4 aromatic rings. The fourth-order valence-electron chi connectivity index (χ4n) is 3.10. The molecule has 9 nitrogen and oxygen atoms in total. The Labute approximate surface area is 168 Å². The van der Waals surface area contributed by atoms with Crippen LogP contribution in [0.2, 0.25) is 0 Å². The van der Waals surface area contributed by atoms with Crippen LogP contribution in [-0.4, -0.2) is 40.6 Å². The highest BCUT2D eigenvalue weighted by molar-refractivity contribution is 5.78. The molecule has 29 heavy (non-hydrogen) atoms. The summed E-state index contributed by atoms with van der Waals surface area (Å²) in [6, 6.07) is 4.26. The van der Waals surface area contributed by atoms with Gasteiger partial charge in [0.2, 0.25) is 0 Å². The minimum absolute atomic E-state index is 0.225. The zero-order valence-electron chi connectivity index (χ0n) is 16.5. The van der Waals surface area contributed by atoms with Crippen molar-refractivity contribution in [3.05, 3.63) is 48.3 Å². The van der Waals surface area contributed by atoms with Gasteiger partial charge in [0.15, 0.2) is 5.65 Å². The van der Waals surface area contributed by atoms with Crippen molar-refractivity contribution in [1.29, 1.82) is 5.26 Å². The lowest BCUT2D eigenvalue weighted by molar-refractivity contribution is 0.786. The molecule has 0 amide bonds. The van der Waals surface area contributed by atoms with Crippen LogP contribution in [0.3, 0.4) is 0 Å². The highest BCUT2D eigenvalue weighted by atomic mass is 15.4. The van der Waals surface area contributed by atoms with Crippen LogP contribution < -0.4 is 5.32 Å². The van der Waals surface area contributed by atoms with Gasteiger partial charge in [-0.05, 0) is 26.3 Å². The predicted molar refractivity (Wildman–Crippen MR) is 109 cm³/mol. The molecule has 0 saturated heterocycles. The van der Waals surface area contributed by atoms with Gasteiger partial charge in [-0.15, -0.1) is 5.10 Å². The molecule has 1 N–H and O–H groups in total. The van der Waals surface area contributed by atoms with E-state index in [0.29, 0.717) is 11.2 Å². The van der Waals surface area contributed by atoms with Crippen molar-refractivity contribution in [2.75, 3.05) is 5.32 Å². The van der Waals surface area contributed by atoms with Crippen molar-refractivity contribution in [2.24, 2.45) is 0 Å². The van der Waals surface area contributed by atoms with Crippen LogP contribution in [0.5, 0.6) is 0 Å². The number of nitrogens with zero attached hydrogens (tertiary/aromatic N) is 8. The number of fused-ring (bicyclic) bond motifs is 1. The summed E-state index contributed by atoms with van der Waals surface area (Å²) in [6.45, 7) is 6.27. The van der Waals surface area contributed by atoms with Crippen LogP contribution in [0.1, 0.15) is 38.4 Å². The van der Waals surface area contributed by atoms with E-state index in [2.05, 4.69) is 57.5 Å². The van der Waals surface area contributed by atoms with E-state index in [1.54, 1.807) is 27.8 Å². The van der Waals surface area contributed by atoms with E-state index in [-0.39, 0.29) is 6.04 Å². The van der Waals surface area contributed by atoms with Crippen LogP contribution in [0, 0.1) is 11.3 Å². The summed E-state index contributed by atoms with van der Waals surface area (Å²) in [4.78, 5) is 9.00. The van der Waals surface area contributed by atoms with Crippen LogP contribution in [0.4, 0.5) is 5.69 Å². The summed E-state index contributed by atoms with van der Waals surface area (Å²) in [5, 5.41) is 25.3. The Morgan fingerprint density at radius 1 is 1.17 bits per heavy atom. The second-order valence-corrected chi connectivity index (χ2v) is 7.07. The highest BCUT2D eigenvalue weighted by Crippen LogP contribution is 2.28. The van der Waals surface area contributed by atoms with Gasteiger partial charge >= 0.3 is 0 Å². The van der Waals surface area contributed by atoms with Crippen molar-refractivity contribution in [2.45, 2.75) is 39.7 Å². The number of hydrogen-bond acceptors (Lipinski definition) is 7. The van der Waals surface area contributed by atoms with Gasteiger partial charge in [-0.1, -0.05) is 18.6 Å². The van der Waals surface area contributed by atoms with Crippen molar-refractivity contribution in [3.8, 4) is 23.0 Å². The molecule has 0 radical (unpaired) electrons. The van der Waals surface area contributed by atoms with Gasteiger partial charge < -0.3 is 5.32 Å². The highest BCUT2D eigenvalue weighted by Gasteiger charge is 2.15. The number of anilines is 1. The van der Waals surface area contributed by atoms with Crippen LogP contribution in [0.15, 0.2) is 37.1 Å². The van der Waals surface area contributed by atoms with Gasteiger partial charge in [-0.25, -0.2) is 14.2 Å². The number of aryl methyl sites for hydroxylation is 1. The molecule has 4 aromatic heterocycles. The zero-order chi connectivity index (χ0) is 20.4. The van der Waals surface area contributed by atoms with Crippen molar-refractivity contribution in [3.63, 3.8) is 0 Å². The molecule has 0 aliphatic heterocycles. The van der Waals surface area contributed by atoms with Crippen LogP contribution in [0.25, 0.3) is 22.6 Å². The Balaban J connectivity index is 1.79. The number of rotatable bonds is 6. The lowest BCUT2D eigenvalue weighted by atomic mass is 10.2. The third-order valence-corrected chi connectivity index (χ3v) is 4.38. The summed E-state index contributed by atoms with van der Waals surface area (Å²) in [7, 11) is 0. The Kier molecular flexibility index (Phi) is 4.91. The molecule has 0 unspecified atom stereocenters. The van der Waals surface area contributed by atoms with Crippen molar-refractivity contribution >= 4 is 11.3 Å². The van der Waals surface area contributed by atoms with E-state index < -0.39 is 0 Å². The Morgan fingerprint density at radius 3 is 2.79 bits per heavy atom. The number of pyridine rings is 1. The zero-order valence-corrected chi connectivity index (χ0v) is 16.5. The minimum Gasteiger partial charge on any atom is -0.381 e. The molecule has 0 atom stereocenters. The molecule has 4 rings (SSSR count). The smallest absolute Gasteiger partial charge is 0.164 e. The normalized spacial score (nSPS) is 11.1. The monoisotopic (exact) mass is 387 g/mol. The first kappa shape index (κ1) is 18.6. The molecule has 0 saturated carbocycles. The van der Waals surface area contributed by atoms with Gasteiger partial charge in [0.1, 0.15) is 11.8 Å². The van der Waals surface area contributed by atoms with Gasteiger partial charge in [0.05, 0.1) is 53.0 Å². The summed E-state index contributed by atoms with van der Waals surface area (Å²) in [5.41, 5.74) is 5.29. The minimum atomic E-state index is 0.225. The molecule has 0 spiro atoms. The van der Waals surface area contributed by atoms with Crippen molar-refractivity contribution < 1.29 is 0 Å². The number of hydrogen-bond donors (Lipinski definition) is 1. The molecule has 9 heteroatoms. The van der Waals surface area contributed by atoms with Gasteiger partial charge in [-0.3, -0.25) is 4.98 Å². The maximum Gasteiger partial charge on any atom is 0.164 e. The van der Waals surface area contributed by atoms with E-state index >= 15 is 0 Å². The van der Waals surface area contributed by atoms with E-state index in [1.807, 2.05) is 12.3 Å². The first-order valence-electron chi connectivity index (χ1n) is 9.51. The standard InChI is InChI=1S/C20H21N9/c1-4-5-15-12-28(27-26-15)19-10-22-17(6-18(19)25-13(2)3)16-9-24-29-11-14(7-21)8-23-20(16)29/h6,8-13H,4-5H2,1-3H3,(H,22,25). The molecule has 0 aromatic carbocycles. The first-order valence-corrected chi connectivity index (χ1v) is 9.51. The third kappa shape index (κ3) is 3.65. The topological polar surface area (TPSA) is 110 Å². The first-order chi connectivity index (χ1) is 14.1. The summed E-state index contributed by atoms with van der Waals surface area (Å²) >= 11 is 0. The molecule has 0 aliphatic carbocycles. The fraction of sp³-hybridized carbons (Fsp3) is 0.300. The van der Waals surface area contributed by atoms with E-state index in [1.165, 1.54) is 6.20 Å². The second kappa shape index (κ2) is 7.67. The van der Waals surface area contributed by atoms with E-state index in [0.717, 1.165) is 41.2 Å². The third-order valence-electron chi connectivity index (χ3n) is 4.38.